The summed E-state index contributed by atoms with van der Waals surface area (Å²) in [6, 6.07) is 1.69. The molecule has 104 valence electrons. The highest BCUT2D eigenvalue weighted by atomic mass is 16.3. The summed E-state index contributed by atoms with van der Waals surface area (Å²) in [5, 5.41) is 19.1. The predicted octanol–water partition coefficient (Wildman–Crippen LogP) is 1.36. The number of pyridine rings is 1. The number of H-pyrrole nitrogens is 1. The van der Waals surface area contributed by atoms with E-state index in [-0.39, 0.29) is 18.4 Å². The van der Waals surface area contributed by atoms with Gasteiger partial charge in [0.05, 0.1) is 36.3 Å². The van der Waals surface area contributed by atoms with Gasteiger partial charge in [-0.05, 0) is 30.9 Å². The molecule has 2 aromatic heterocycles. The minimum absolute atomic E-state index is 0.0853. The van der Waals surface area contributed by atoms with Gasteiger partial charge in [0, 0.05) is 11.8 Å². The first kappa shape index (κ1) is 12.8. The summed E-state index contributed by atoms with van der Waals surface area (Å²) >= 11 is 0. The lowest BCUT2D eigenvalue weighted by atomic mass is 9.87. The Hall–Kier alpha value is -2.21. The number of aromatic amines is 1. The van der Waals surface area contributed by atoms with Crippen LogP contribution >= 0.6 is 0 Å². The van der Waals surface area contributed by atoms with Crippen LogP contribution < -0.4 is 5.32 Å². The molecule has 0 spiro atoms. The Morgan fingerprint density at radius 2 is 2.40 bits per heavy atom. The van der Waals surface area contributed by atoms with Gasteiger partial charge in [-0.2, -0.15) is 5.10 Å². The van der Waals surface area contributed by atoms with E-state index in [1.165, 1.54) is 0 Å². The van der Waals surface area contributed by atoms with Crippen molar-refractivity contribution in [2.45, 2.75) is 31.8 Å². The molecule has 2 aromatic rings. The summed E-state index contributed by atoms with van der Waals surface area (Å²) in [6.45, 7) is -0.127. The average Bonchev–Trinajstić information content (AvgIpc) is 2.96. The maximum atomic E-state index is 12.4. The number of aryl methyl sites for hydroxylation is 1. The quantitative estimate of drug-likeness (QED) is 0.786. The molecule has 0 aliphatic heterocycles. The van der Waals surface area contributed by atoms with Crippen molar-refractivity contribution in [1.82, 2.24) is 15.2 Å². The molecule has 6 nitrogen and oxygen atoms in total. The van der Waals surface area contributed by atoms with Crippen LogP contribution in [0.5, 0.6) is 0 Å². The Morgan fingerprint density at radius 1 is 1.50 bits per heavy atom. The maximum Gasteiger partial charge on any atom is 0.233 e. The molecule has 1 aliphatic carbocycles. The number of aromatic nitrogens is 3. The first-order valence-electron chi connectivity index (χ1n) is 6.66. The topological polar surface area (TPSA) is 90.9 Å². The van der Waals surface area contributed by atoms with E-state index in [0.29, 0.717) is 11.3 Å². The van der Waals surface area contributed by atoms with Crippen molar-refractivity contribution in [2.24, 2.45) is 0 Å². The van der Waals surface area contributed by atoms with Crippen LogP contribution in [0.2, 0.25) is 0 Å². The number of carbonyl (C=O) groups is 1. The predicted molar refractivity (Wildman–Crippen MR) is 73.1 cm³/mol. The molecule has 1 unspecified atom stereocenters. The molecular formula is C14H16N4O2. The van der Waals surface area contributed by atoms with Crippen LogP contribution in [0.3, 0.4) is 0 Å². The fourth-order valence-corrected chi connectivity index (χ4v) is 2.62. The van der Waals surface area contributed by atoms with Gasteiger partial charge in [0.15, 0.2) is 0 Å². The first-order chi connectivity index (χ1) is 9.79. The number of rotatable bonds is 3. The highest BCUT2D eigenvalue weighted by Gasteiger charge is 2.28. The third-order valence-corrected chi connectivity index (χ3v) is 3.69. The van der Waals surface area contributed by atoms with Crippen LogP contribution in [0.4, 0.5) is 5.69 Å². The summed E-state index contributed by atoms with van der Waals surface area (Å²) in [7, 11) is 0. The van der Waals surface area contributed by atoms with Gasteiger partial charge in [0.2, 0.25) is 5.91 Å². The van der Waals surface area contributed by atoms with E-state index in [2.05, 4.69) is 20.5 Å². The van der Waals surface area contributed by atoms with Crippen molar-refractivity contribution >= 4 is 11.6 Å². The van der Waals surface area contributed by atoms with E-state index in [1.807, 2.05) is 0 Å². The molecule has 0 bridgehead atoms. The zero-order valence-electron chi connectivity index (χ0n) is 11.0. The molecule has 2 heterocycles. The highest BCUT2D eigenvalue weighted by molar-refractivity contribution is 5.96. The summed E-state index contributed by atoms with van der Waals surface area (Å²) in [5.74, 6) is -0.300. The van der Waals surface area contributed by atoms with E-state index >= 15 is 0 Å². The van der Waals surface area contributed by atoms with E-state index in [0.717, 1.165) is 30.5 Å². The van der Waals surface area contributed by atoms with Gasteiger partial charge in [-0.15, -0.1) is 0 Å². The van der Waals surface area contributed by atoms with Crippen LogP contribution in [0.25, 0.3) is 0 Å². The molecule has 0 aromatic carbocycles. The van der Waals surface area contributed by atoms with Crippen molar-refractivity contribution in [3.8, 4) is 0 Å². The number of fused-ring (bicyclic) bond motifs is 1. The Balaban J connectivity index is 1.81. The number of amides is 1. The Kier molecular flexibility index (Phi) is 3.47. The molecule has 1 atom stereocenters. The normalized spacial score (nSPS) is 17.6. The second-order valence-electron chi connectivity index (χ2n) is 4.93. The van der Waals surface area contributed by atoms with Crippen LogP contribution in [0, 0.1) is 0 Å². The van der Waals surface area contributed by atoms with Gasteiger partial charge in [0.25, 0.3) is 0 Å². The van der Waals surface area contributed by atoms with Gasteiger partial charge in [0.1, 0.15) is 0 Å². The zero-order valence-corrected chi connectivity index (χ0v) is 11.0. The minimum atomic E-state index is -0.215. The summed E-state index contributed by atoms with van der Waals surface area (Å²) in [5.41, 5.74) is 3.24. The number of aliphatic hydroxyl groups excluding tert-OH is 1. The molecule has 6 heteroatoms. The van der Waals surface area contributed by atoms with E-state index in [1.54, 1.807) is 24.7 Å². The van der Waals surface area contributed by atoms with Crippen molar-refractivity contribution in [2.75, 3.05) is 5.32 Å². The maximum absolute atomic E-state index is 12.4. The average molecular weight is 272 g/mol. The number of aliphatic hydroxyl groups is 1. The van der Waals surface area contributed by atoms with Gasteiger partial charge in [-0.25, -0.2) is 0 Å². The monoisotopic (exact) mass is 272 g/mol. The minimum Gasteiger partial charge on any atom is -0.392 e. The third kappa shape index (κ3) is 2.30. The standard InChI is InChI=1S/C14H16N4O2/c19-8-10-4-5-15-7-12(10)17-14(20)11-3-1-2-9-6-16-18-13(9)11/h4-7,11,19H,1-3,8H2,(H,16,18)(H,17,20). The van der Waals surface area contributed by atoms with Gasteiger partial charge in [-0.1, -0.05) is 0 Å². The molecule has 0 radical (unpaired) electrons. The van der Waals surface area contributed by atoms with Crippen LogP contribution in [0.15, 0.2) is 24.7 Å². The SMILES string of the molecule is O=C(Nc1cnccc1CO)C1CCCc2cn[nH]c21. The van der Waals surface area contributed by atoms with E-state index < -0.39 is 0 Å². The number of nitrogens with zero attached hydrogens (tertiary/aromatic N) is 2. The summed E-state index contributed by atoms with van der Waals surface area (Å²) < 4.78 is 0. The Bertz CT molecular complexity index is 623. The summed E-state index contributed by atoms with van der Waals surface area (Å²) in [4.78, 5) is 16.4. The van der Waals surface area contributed by atoms with E-state index in [4.69, 9.17) is 0 Å². The molecular weight excluding hydrogens is 256 g/mol. The number of anilines is 1. The van der Waals surface area contributed by atoms with Crippen molar-refractivity contribution in [3.05, 3.63) is 41.5 Å². The molecule has 20 heavy (non-hydrogen) atoms. The number of hydrogen-bond acceptors (Lipinski definition) is 4. The Labute approximate surface area is 116 Å². The highest BCUT2D eigenvalue weighted by Crippen LogP contribution is 2.31. The van der Waals surface area contributed by atoms with Crippen molar-refractivity contribution in [3.63, 3.8) is 0 Å². The molecule has 3 rings (SSSR count). The lowest BCUT2D eigenvalue weighted by Gasteiger charge is -2.21. The zero-order chi connectivity index (χ0) is 13.9. The number of carbonyl (C=O) groups excluding carboxylic acids is 1. The van der Waals surface area contributed by atoms with E-state index in [9.17, 15) is 9.90 Å². The molecule has 1 amide bonds. The van der Waals surface area contributed by atoms with Crippen molar-refractivity contribution in [1.29, 1.82) is 0 Å². The lowest BCUT2D eigenvalue weighted by molar-refractivity contribution is -0.118. The summed E-state index contributed by atoms with van der Waals surface area (Å²) in [6.07, 6.45) is 7.68. The molecule has 1 aliphatic rings. The third-order valence-electron chi connectivity index (χ3n) is 3.69. The van der Waals surface area contributed by atoms with Crippen LogP contribution in [0.1, 0.15) is 35.6 Å². The molecule has 0 saturated carbocycles. The smallest absolute Gasteiger partial charge is 0.233 e. The van der Waals surface area contributed by atoms with Crippen molar-refractivity contribution < 1.29 is 9.90 Å². The van der Waals surface area contributed by atoms with Gasteiger partial charge >= 0.3 is 0 Å². The number of hydrogen-bond donors (Lipinski definition) is 3. The van der Waals surface area contributed by atoms with Gasteiger partial charge in [-0.3, -0.25) is 14.9 Å². The second-order valence-corrected chi connectivity index (χ2v) is 4.93. The first-order valence-corrected chi connectivity index (χ1v) is 6.66. The fraction of sp³-hybridized carbons (Fsp3) is 0.357. The van der Waals surface area contributed by atoms with Gasteiger partial charge < -0.3 is 10.4 Å². The van der Waals surface area contributed by atoms with Crippen LogP contribution in [-0.4, -0.2) is 26.2 Å². The molecule has 0 saturated heterocycles. The largest absolute Gasteiger partial charge is 0.392 e. The Morgan fingerprint density at radius 3 is 3.25 bits per heavy atom. The fourth-order valence-electron chi connectivity index (χ4n) is 2.62. The van der Waals surface area contributed by atoms with Crippen LogP contribution in [-0.2, 0) is 17.8 Å². The molecule has 0 fully saturated rings. The molecule has 3 N–H and O–H groups in total. The lowest BCUT2D eigenvalue weighted by Crippen LogP contribution is -2.25. The second kappa shape index (κ2) is 5.42. The number of nitrogens with one attached hydrogen (secondary N) is 2.